The third-order valence-electron chi connectivity index (χ3n) is 14.4. The Morgan fingerprint density at radius 2 is 0.857 bits per heavy atom. The molecular formula is C68H55NS. The van der Waals surface area contributed by atoms with Gasteiger partial charge in [-0.05, 0) is 112 Å². The molecule has 0 radical (unpaired) electrons. The van der Waals surface area contributed by atoms with Gasteiger partial charge in [0.05, 0.1) is 11.4 Å². The van der Waals surface area contributed by atoms with Gasteiger partial charge < -0.3 is 4.90 Å². The normalized spacial score (nSPS) is 12.1. The third kappa shape index (κ3) is 7.55. The zero-order valence-electron chi connectivity index (χ0n) is 40.7. The van der Waals surface area contributed by atoms with Gasteiger partial charge in [0.15, 0.2) is 0 Å². The first-order valence-corrected chi connectivity index (χ1v) is 25.4. The molecule has 1 nitrogen and oxygen atoms in total. The molecule has 0 fully saturated rings. The number of para-hydroxylation sites is 2. The summed E-state index contributed by atoms with van der Waals surface area (Å²) in [6, 6.07) is 83.9. The number of thiophene rings is 1. The molecule has 0 saturated heterocycles. The Balaban J connectivity index is 1.12. The van der Waals surface area contributed by atoms with E-state index in [0.29, 0.717) is 0 Å². The van der Waals surface area contributed by atoms with E-state index in [4.69, 9.17) is 0 Å². The highest BCUT2D eigenvalue weighted by atomic mass is 32.1. The van der Waals surface area contributed by atoms with Crippen molar-refractivity contribution in [3.8, 4) is 44.5 Å². The van der Waals surface area contributed by atoms with Crippen molar-refractivity contribution in [2.75, 3.05) is 4.90 Å². The lowest BCUT2D eigenvalue weighted by molar-refractivity contribution is 0.569. The minimum Gasteiger partial charge on any atom is -0.309 e. The average molecular weight is 918 g/mol. The van der Waals surface area contributed by atoms with Crippen molar-refractivity contribution in [2.24, 2.45) is 0 Å². The average Bonchev–Trinajstić information content (AvgIpc) is 3.77. The molecule has 0 aliphatic carbocycles. The van der Waals surface area contributed by atoms with E-state index in [1.165, 1.54) is 108 Å². The molecule has 0 amide bonds. The van der Waals surface area contributed by atoms with Gasteiger partial charge in [-0.3, -0.25) is 0 Å². The fourth-order valence-corrected chi connectivity index (χ4v) is 12.0. The molecule has 0 N–H and O–H groups in total. The molecule has 70 heavy (non-hydrogen) atoms. The summed E-state index contributed by atoms with van der Waals surface area (Å²) in [6.07, 6.45) is 0. The van der Waals surface area contributed by atoms with Crippen molar-refractivity contribution in [1.29, 1.82) is 0 Å². The molecule has 0 saturated carbocycles. The van der Waals surface area contributed by atoms with Crippen LogP contribution < -0.4 is 4.90 Å². The maximum atomic E-state index is 2.53. The molecule has 0 atom stereocenters. The molecule has 1 aromatic heterocycles. The molecule has 0 aliphatic rings. The number of fused-ring (bicyclic) bond motifs is 7. The number of nitrogens with zero attached hydrogens (tertiary/aromatic N) is 1. The molecule has 12 rings (SSSR count). The molecule has 0 unspecified atom stereocenters. The molecule has 12 aromatic rings. The van der Waals surface area contributed by atoms with E-state index < -0.39 is 0 Å². The third-order valence-corrected chi connectivity index (χ3v) is 15.6. The Morgan fingerprint density at radius 1 is 0.329 bits per heavy atom. The zero-order valence-corrected chi connectivity index (χ0v) is 41.5. The van der Waals surface area contributed by atoms with E-state index in [1.807, 2.05) is 11.3 Å². The smallest absolute Gasteiger partial charge is 0.0540 e. The van der Waals surface area contributed by atoms with Gasteiger partial charge in [-0.15, -0.1) is 11.3 Å². The molecular weight excluding hydrogens is 863 g/mol. The van der Waals surface area contributed by atoms with Crippen LogP contribution in [0.15, 0.2) is 224 Å². The van der Waals surface area contributed by atoms with Crippen LogP contribution in [0.3, 0.4) is 0 Å². The Bertz CT molecular complexity index is 3950. The minimum atomic E-state index is -0.0154. The van der Waals surface area contributed by atoms with Crippen LogP contribution in [0.5, 0.6) is 0 Å². The van der Waals surface area contributed by atoms with E-state index >= 15 is 0 Å². The largest absolute Gasteiger partial charge is 0.309 e. The quantitative estimate of drug-likeness (QED) is 0.144. The summed E-state index contributed by atoms with van der Waals surface area (Å²) in [5, 5.41) is 10.1. The van der Waals surface area contributed by atoms with Gasteiger partial charge in [-0.2, -0.15) is 0 Å². The second-order valence-electron chi connectivity index (χ2n) is 20.9. The van der Waals surface area contributed by atoms with Gasteiger partial charge in [-0.25, -0.2) is 0 Å². The van der Waals surface area contributed by atoms with Gasteiger partial charge in [0.2, 0.25) is 0 Å². The monoisotopic (exact) mass is 917 g/mol. The van der Waals surface area contributed by atoms with E-state index in [9.17, 15) is 0 Å². The predicted octanol–water partition coefficient (Wildman–Crippen LogP) is 20.2. The Labute approximate surface area is 416 Å². The summed E-state index contributed by atoms with van der Waals surface area (Å²) in [6.45, 7) is 14.0. The van der Waals surface area contributed by atoms with E-state index in [-0.39, 0.29) is 10.8 Å². The molecule has 1 heterocycles. The topological polar surface area (TPSA) is 3.24 Å². The fraction of sp³-hybridized carbons (Fsp3) is 0.118. The summed E-state index contributed by atoms with van der Waals surface area (Å²) in [7, 11) is 0. The maximum Gasteiger partial charge on any atom is 0.0540 e. The fourth-order valence-electron chi connectivity index (χ4n) is 10.7. The molecule has 0 spiro atoms. The van der Waals surface area contributed by atoms with Crippen molar-refractivity contribution in [1.82, 2.24) is 0 Å². The Morgan fingerprint density at radius 3 is 1.59 bits per heavy atom. The first kappa shape index (κ1) is 43.5. The van der Waals surface area contributed by atoms with Gasteiger partial charge in [0.25, 0.3) is 0 Å². The van der Waals surface area contributed by atoms with Gasteiger partial charge in [0, 0.05) is 42.6 Å². The van der Waals surface area contributed by atoms with Gasteiger partial charge in [-0.1, -0.05) is 236 Å². The summed E-state index contributed by atoms with van der Waals surface area (Å²) in [4.78, 5) is 2.53. The number of rotatable bonds is 7. The minimum absolute atomic E-state index is 0.0154. The number of hydrogen-bond donors (Lipinski definition) is 0. The maximum absolute atomic E-state index is 2.53. The Hall–Kier alpha value is -7.78. The van der Waals surface area contributed by atoms with Crippen LogP contribution in [0.1, 0.15) is 52.7 Å². The van der Waals surface area contributed by atoms with Crippen LogP contribution in [-0.2, 0) is 10.8 Å². The van der Waals surface area contributed by atoms with Crippen LogP contribution in [0.25, 0.3) is 97.0 Å². The zero-order chi connectivity index (χ0) is 47.7. The first-order chi connectivity index (χ1) is 34.0. The van der Waals surface area contributed by atoms with E-state index in [2.05, 4.69) is 271 Å². The van der Waals surface area contributed by atoms with Gasteiger partial charge >= 0.3 is 0 Å². The van der Waals surface area contributed by atoms with Crippen molar-refractivity contribution in [2.45, 2.75) is 52.4 Å². The lowest BCUT2D eigenvalue weighted by atomic mass is 9.78. The molecule has 0 aliphatic heterocycles. The Kier molecular flexibility index (Phi) is 10.6. The molecule has 2 heteroatoms. The summed E-state index contributed by atoms with van der Waals surface area (Å²) in [5.74, 6) is 0. The molecule has 0 bridgehead atoms. The van der Waals surface area contributed by atoms with Crippen LogP contribution in [0.2, 0.25) is 0 Å². The summed E-state index contributed by atoms with van der Waals surface area (Å²) in [5.41, 5.74) is 15.7. The number of anilines is 3. The van der Waals surface area contributed by atoms with Crippen LogP contribution in [-0.4, -0.2) is 0 Å². The van der Waals surface area contributed by atoms with Crippen molar-refractivity contribution < 1.29 is 0 Å². The number of hydrogen-bond acceptors (Lipinski definition) is 2. The second-order valence-corrected chi connectivity index (χ2v) is 21.9. The highest BCUT2D eigenvalue weighted by Gasteiger charge is 2.26. The van der Waals surface area contributed by atoms with Crippen molar-refractivity contribution >= 4 is 80.9 Å². The van der Waals surface area contributed by atoms with E-state index in [0.717, 1.165) is 17.1 Å². The molecule has 338 valence electrons. The second kappa shape index (κ2) is 17.0. The highest BCUT2D eigenvalue weighted by Crippen LogP contribution is 2.50. The molecule has 11 aromatic carbocycles. The highest BCUT2D eigenvalue weighted by molar-refractivity contribution is 7.26. The van der Waals surface area contributed by atoms with Crippen LogP contribution in [0.4, 0.5) is 17.1 Å². The standard InChI is InChI=1S/C68H55NS/c1-67(2,3)48-40-47(41-49(43-48)68(4,5)6)53-30-16-21-45-22-17-32-59(65(45)53)56-26-9-12-35-62(56)69(63-36-13-10-27-57(63)60-33-19-34-61-58-28-11-14-37-64(58)70-66(60)61)50-24-15-23-46(42-50)52-29-18-31-54-51-25-8-7-20-44(51)38-39-55(52)54/h7-43H,1-6H3. The van der Waals surface area contributed by atoms with Crippen LogP contribution >= 0.6 is 11.3 Å². The predicted molar refractivity (Wildman–Crippen MR) is 306 cm³/mol. The van der Waals surface area contributed by atoms with E-state index in [1.54, 1.807) is 0 Å². The summed E-state index contributed by atoms with van der Waals surface area (Å²) >= 11 is 1.88. The first-order valence-electron chi connectivity index (χ1n) is 24.6. The lowest BCUT2D eigenvalue weighted by Crippen LogP contribution is -2.16. The van der Waals surface area contributed by atoms with Crippen molar-refractivity contribution in [3.05, 3.63) is 236 Å². The summed E-state index contributed by atoms with van der Waals surface area (Å²) < 4.78 is 2.60. The van der Waals surface area contributed by atoms with Crippen LogP contribution in [0, 0.1) is 0 Å². The lowest BCUT2D eigenvalue weighted by Gasteiger charge is -2.31. The SMILES string of the molecule is CC(C)(C)c1cc(-c2cccc3cccc(-c4ccccc4N(c4cccc(-c5cccc6c5ccc5ccccc56)c4)c4ccccc4-c4cccc5c4sc4ccccc45)c23)cc(C(C)(C)C)c1. The number of benzene rings is 11. The van der Waals surface area contributed by atoms with Gasteiger partial charge in [0.1, 0.15) is 0 Å². The van der Waals surface area contributed by atoms with Crippen molar-refractivity contribution in [3.63, 3.8) is 0 Å².